The van der Waals surface area contributed by atoms with E-state index in [1.807, 2.05) is 0 Å². The maximum Gasteiger partial charge on any atom is 0.251 e. The van der Waals surface area contributed by atoms with E-state index in [4.69, 9.17) is 5.73 Å². The van der Waals surface area contributed by atoms with Gasteiger partial charge in [0, 0.05) is 23.7 Å². The molecule has 8 heteroatoms. The van der Waals surface area contributed by atoms with Crippen LogP contribution in [-0.2, 0) is 10.0 Å². The standard InChI is InChI=1S/C16H25N3O3S.ClH/c1-11(2)19-23(21,22)15-9-3-12(4-10-15)16(20)18-14-7-5-13(17)6-8-14;/h3-4,9-11,13-14,19H,5-8,17H2,1-2H3,(H,18,20);1H. The lowest BCUT2D eigenvalue weighted by Gasteiger charge is -2.26. The number of hydrogen-bond donors (Lipinski definition) is 3. The summed E-state index contributed by atoms with van der Waals surface area (Å²) in [5.74, 6) is -0.175. The maximum absolute atomic E-state index is 12.2. The highest BCUT2D eigenvalue weighted by Crippen LogP contribution is 2.18. The predicted octanol–water partition coefficient (Wildman–Crippen LogP) is 1.79. The van der Waals surface area contributed by atoms with Crippen LogP contribution in [0.15, 0.2) is 29.2 Å². The van der Waals surface area contributed by atoms with Crippen LogP contribution >= 0.6 is 12.4 Å². The van der Waals surface area contributed by atoms with E-state index < -0.39 is 10.0 Å². The average molecular weight is 376 g/mol. The number of halogens is 1. The van der Waals surface area contributed by atoms with Gasteiger partial charge in [0.15, 0.2) is 0 Å². The Bertz CT molecular complexity index is 639. The van der Waals surface area contributed by atoms with Crippen LogP contribution in [0.1, 0.15) is 49.9 Å². The second-order valence-electron chi connectivity index (χ2n) is 6.39. The number of nitrogens with one attached hydrogen (secondary N) is 2. The lowest BCUT2D eigenvalue weighted by atomic mass is 9.91. The molecule has 136 valence electrons. The Morgan fingerprint density at radius 1 is 1.12 bits per heavy atom. The number of benzene rings is 1. The number of amides is 1. The average Bonchev–Trinajstić information content (AvgIpc) is 2.48. The number of carbonyl (C=O) groups excluding carboxylic acids is 1. The van der Waals surface area contributed by atoms with E-state index in [1.165, 1.54) is 12.1 Å². The Kier molecular flexibility index (Phi) is 7.66. The van der Waals surface area contributed by atoms with Crippen molar-refractivity contribution in [1.29, 1.82) is 0 Å². The molecule has 0 bridgehead atoms. The van der Waals surface area contributed by atoms with Crippen molar-refractivity contribution in [2.75, 3.05) is 0 Å². The molecule has 0 atom stereocenters. The molecular weight excluding hydrogens is 350 g/mol. The summed E-state index contributed by atoms with van der Waals surface area (Å²) in [5, 5.41) is 2.99. The molecule has 4 N–H and O–H groups in total. The van der Waals surface area contributed by atoms with Crippen LogP contribution in [-0.4, -0.2) is 32.5 Å². The molecule has 0 heterocycles. The molecule has 0 spiro atoms. The van der Waals surface area contributed by atoms with E-state index in [0.717, 1.165) is 25.7 Å². The van der Waals surface area contributed by atoms with Gasteiger partial charge in [0.05, 0.1) is 4.90 Å². The number of rotatable bonds is 5. The summed E-state index contributed by atoms with van der Waals surface area (Å²) >= 11 is 0. The number of carbonyl (C=O) groups is 1. The predicted molar refractivity (Wildman–Crippen MR) is 96.8 cm³/mol. The van der Waals surface area contributed by atoms with E-state index in [1.54, 1.807) is 26.0 Å². The van der Waals surface area contributed by atoms with Crippen LogP contribution < -0.4 is 15.8 Å². The summed E-state index contributed by atoms with van der Waals surface area (Å²) in [4.78, 5) is 12.4. The Labute approximate surface area is 150 Å². The normalized spacial score (nSPS) is 21.2. The third kappa shape index (κ3) is 5.73. The molecule has 1 aromatic carbocycles. The topological polar surface area (TPSA) is 101 Å². The van der Waals surface area contributed by atoms with Crippen molar-refractivity contribution >= 4 is 28.3 Å². The molecule has 1 fully saturated rings. The van der Waals surface area contributed by atoms with Gasteiger partial charge in [-0.2, -0.15) is 0 Å². The van der Waals surface area contributed by atoms with Crippen LogP contribution in [0, 0.1) is 0 Å². The zero-order valence-electron chi connectivity index (χ0n) is 14.0. The zero-order valence-corrected chi connectivity index (χ0v) is 15.6. The molecule has 2 rings (SSSR count). The smallest absolute Gasteiger partial charge is 0.251 e. The first-order valence-corrected chi connectivity index (χ1v) is 9.45. The van der Waals surface area contributed by atoms with Gasteiger partial charge in [-0.25, -0.2) is 13.1 Å². The number of hydrogen-bond acceptors (Lipinski definition) is 4. The quantitative estimate of drug-likeness (QED) is 0.730. The Morgan fingerprint density at radius 2 is 1.67 bits per heavy atom. The highest BCUT2D eigenvalue weighted by molar-refractivity contribution is 7.89. The second kappa shape index (κ2) is 8.80. The molecule has 1 amide bonds. The third-order valence-corrected chi connectivity index (χ3v) is 5.60. The molecule has 0 aromatic heterocycles. The van der Waals surface area contributed by atoms with Crippen molar-refractivity contribution in [3.63, 3.8) is 0 Å². The van der Waals surface area contributed by atoms with Crippen molar-refractivity contribution in [3.8, 4) is 0 Å². The first kappa shape index (κ1) is 20.9. The van der Waals surface area contributed by atoms with Crippen LogP contribution in [0.5, 0.6) is 0 Å². The zero-order chi connectivity index (χ0) is 17.0. The molecular formula is C16H26ClN3O3S. The van der Waals surface area contributed by atoms with E-state index in [0.29, 0.717) is 5.56 Å². The molecule has 1 aromatic rings. The van der Waals surface area contributed by atoms with Gasteiger partial charge in [0.1, 0.15) is 0 Å². The van der Waals surface area contributed by atoms with Gasteiger partial charge in [-0.3, -0.25) is 4.79 Å². The minimum Gasteiger partial charge on any atom is -0.349 e. The monoisotopic (exact) mass is 375 g/mol. The Balaban J connectivity index is 0.00000288. The molecule has 0 radical (unpaired) electrons. The highest BCUT2D eigenvalue weighted by Gasteiger charge is 2.21. The van der Waals surface area contributed by atoms with Gasteiger partial charge in [-0.1, -0.05) is 0 Å². The SMILES string of the molecule is CC(C)NS(=O)(=O)c1ccc(C(=O)NC2CCC(N)CC2)cc1.Cl. The van der Waals surface area contributed by atoms with Gasteiger partial charge in [0.2, 0.25) is 10.0 Å². The van der Waals surface area contributed by atoms with E-state index in [9.17, 15) is 13.2 Å². The van der Waals surface area contributed by atoms with Crippen molar-refractivity contribution in [1.82, 2.24) is 10.0 Å². The summed E-state index contributed by atoms with van der Waals surface area (Å²) in [6, 6.07) is 6.19. The Morgan fingerprint density at radius 3 is 2.17 bits per heavy atom. The van der Waals surface area contributed by atoms with E-state index in [-0.39, 0.29) is 41.3 Å². The fraction of sp³-hybridized carbons (Fsp3) is 0.562. The minimum absolute atomic E-state index is 0. The fourth-order valence-corrected chi connectivity index (χ4v) is 3.95. The molecule has 6 nitrogen and oxygen atoms in total. The van der Waals surface area contributed by atoms with Gasteiger partial charge in [-0.15, -0.1) is 12.4 Å². The first-order chi connectivity index (χ1) is 10.8. The van der Waals surface area contributed by atoms with Crippen molar-refractivity contribution < 1.29 is 13.2 Å². The highest BCUT2D eigenvalue weighted by atomic mass is 35.5. The second-order valence-corrected chi connectivity index (χ2v) is 8.10. The molecule has 0 saturated heterocycles. The number of nitrogens with two attached hydrogens (primary N) is 1. The molecule has 24 heavy (non-hydrogen) atoms. The van der Waals surface area contributed by atoms with Gasteiger partial charge < -0.3 is 11.1 Å². The van der Waals surface area contributed by atoms with Gasteiger partial charge >= 0.3 is 0 Å². The van der Waals surface area contributed by atoms with Gasteiger partial charge in [0.25, 0.3) is 5.91 Å². The summed E-state index contributed by atoms with van der Waals surface area (Å²) < 4.78 is 26.6. The third-order valence-electron chi connectivity index (χ3n) is 3.92. The fourth-order valence-electron chi connectivity index (χ4n) is 2.70. The Hall–Kier alpha value is -1.15. The minimum atomic E-state index is -3.53. The lowest BCUT2D eigenvalue weighted by molar-refractivity contribution is 0.0925. The number of sulfonamides is 1. The largest absolute Gasteiger partial charge is 0.349 e. The van der Waals surface area contributed by atoms with Crippen LogP contribution in [0.4, 0.5) is 0 Å². The summed E-state index contributed by atoms with van der Waals surface area (Å²) in [5.41, 5.74) is 6.32. The molecule has 1 saturated carbocycles. The summed E-state index contributed by atoms with van der Waals surface area (Å²) in [6.07, 6.45) is 3.61. The van der Waals surface area contributed by atoms with Crippen molar-refractivity contribution in [2.24, 2.45) is 5.73 Å². The molecule has 0 unspecified atom stereocenters. The van der Waals surface area contributed by atoms with Crippen molar-refractivity contribution in [3.05, 3.63) is 29.8 Å². The van der Waals surface area contributed by atoms with Crippen molar-refractivity contribution in [2.45, 2.75) is 62.6 Å². The van der Waals surface area contributed by atoms with Crippen LogP contribution in [0.3, 0.4) is 0 Å². The molecule has 1 aliphatic carbocycles. The van der Waals surface area contributed by atoms with E-state index >= 15 is 0 Å². The summed E-state index contributed by atoms with van der Waals surface area (Å²) in [6.45, 7) is 3.52. The van der Waals surface area contributed by atoms with Crippen LogP contribution in [0.2, 0.25) is 0 Å². The van der Waals surface area contributed by atoms with Crippen LogP contribution in [0.25, 0.3) is 0 Å². The van der Waals surface area contributed by atoms with E-state index in [2.05, 4.69) is 10.0 Å². The van der Waals surface area contributed by atoms with Gasteiger partial charge in [-0.05, 0) is 63.8 Å². The lowest BCUT2D eigenvalue weighted by Crippen LogP contribution is -2.40. The maximum atomic E-state index is 12.2. The first-order valence-electron chi connectivity index (χ1n) is 7.97. The molecule has 0 aliphatic heterocycles. The summed E-state index contributed by atoms with van der Waals surface area (Å²) in [7, 11) is -3.53. The molecule has 1 aliphatic rings.